The summed E-state index contributed by atoms with van der Waals surface area (Å²) in [5, 5.41) is 9.77. The molecule has 0 spiro atoms. The summed E-state index contributed by atoms with van der Waals surface area (Å²) in [6, 6.07) is 5.75. The smallest absolute Gasteiger partial charge is 0.262 e. The Morgan fingerprint density at radius 2 is 1.90 bits per heavy atom. The van der Waals surface area contributed by atoms with Gasteiger partial charge in [0, 0.05) is 7.05 Å². The van der Waals surface area contributed by atoms with E-state index in [9.17, 15) is 9.59 Å². The normalized spacial score (nSPS) is 11.5. The van der Waals surface area contributed by atoms with Gasteiger partial charge in [-0.3, -0.25) is 18.6 Å². The molecule has 0 aliphatic carbocycles. The Balaban J connectivity index is 1.84. The largest absolute Gasteiger partial charge is 0.294 e. The number of hydrogen-bond donors (Lipinski definition) is 0. The van der Waals surface area contributed by atoms with Crippen LogP contribution in [0.15, 0.2) is 28.0 Å². The van der Waals surface area contributed by atoms with Crippen LogP contribution in [0.4, 0.5) is 0 Å². The second-order valence-electron chi connectivity index (χ2n) is 7.02. The number of fused-ring (bicyclic) bond motifs is 3. The molecule has 0 N–H and O–H groups in total. The summed E-state index contributed by atoms with van der Waals surface area (Å²) < 4.78 is 3.39. The van der Waals surface area contributed by atoms with Crippen LogP contribution in [0, 0.1) is 20.8 Å². The molecule has 8 nitrogen and oxygen atoms in total. The average Bonchev–Trinajstić information content (AvgIpc) is 3.07. The zero-order chi connectivity index (χ0) is 20.9. The first-order valence-corrected chi connectivity index (χ1v) is 10.1. The third kappa shape index (κ3) is 3.21. The minimum Gasteiger partial charge on any atom is -0.294 e. The monoisotopic (exact) mass is 408 g/mol. The van der Waals surface area contributed by atoms with Gasteiger partial charge in [0.25, 0.3) is 5.56 Å². The molecule has 0 bridgehead atoms. The minimum atomic E-state index is -0.108. The van der Waals surface area contributed by atoms with E-state index in [0.29, 0.717) is 44.8 Å². The predicted molar refractivity (Wildman–Crippen MR) is 112 cm³/mol. The topological polar surface area (TPSA) is 95.0 Å². The van der Waals surface area contributed by atoms with Crippen molar-refractivity contribution in [3.05, 3.63) is 57.0 Å². The molecule has 4 rings (SSSR count). The van der Waals surface area contributed by atoms with Gasteiger partial charge in [0.15, 0.2) is 5.78 Å². The highest BCUT2D eigenvalue weighted by molar-refractivity contribution is 7.98. The van der Waals surface area contributed by atoms with E-state index in [2.05, 4.69) is 20.2 Å². The first kappa shape index (κ1) is 19.3. The molecule has 3 aromatic heterocycles. The van der Waals surface area contributed by atoms with Gasteiger partial charge in [0.05, 0.1) is 27.9 Å². The fourth-order valence-electron chi connectivity index (χ4n) is 3.48. The van der Waals surface area contributed by atoms with Crippen molar-refractivity contribution in [3.63, 3.8) is 0 Å². The second-order valence-corrected chi connectivity index (χ2v) is 7.98. The summed E-state index contributed by atoms with van der Waals surface area (Å²) >= 11 is 1.42. The third-order valence-electron chi connectivity index (χ3n) is 4.80. The van der Waals surface area contributed by atoms with Crippen molar-refractivity contribution >= 4 is 34.2 Å². The maximum atomic E-state index is 12.7. The summed E-state index contributed by atoms with van der Waals surface area (Å²) in [6.45, 7) is 7.09. The summed E-state index contributed by atoms with van der Waals surface area (Å²) in [5.41, 5.74) is 2.86. The molecule has 0 amide bonds. The zero-order valence-electron chi connectivity index (χ0n) is 16.8. The van der Waals surface area contributed by atoms with Crippen LogP contribution < -0.4 is 5.56 Å². The molecule has 0 unspecified atom stereocenters. The zero-order valence-corrected chi connectivity index (χ0v) is 17.7. The number of carbonyl (C=O) groups is 1. The fourth-order valence-corrected chi connectivity index (χ4v) is 4.56. The molecular weight excluding hydrogens is 388 g/mol. The Hall–Kier alpha value is -3.07. The summed E-state index contributed by atoms with van der Waals surface area (Å²) in [5.74, 6) is 2.14. The molecule has 4 aromatic rings. The second kappa shape index (κ2) is 7.07. The fraction of sp³-hybridized carbons (Fsp3) is 0.300. The number of ketones is 1. The van der Waals surface area contributed by atoms with Crippen molar-refractivity contribution < 1.29 is 4.79 Å². The molecule has 148 valence electrons. The molecule has 0 fully saturated rings. The molecule has 1 aromatic carbocycles. The standard InChI is InChI=1S/C20H20N6O2S/c1-10-6-7-15-14(8-10)19(28)25(5)20-24-23-16(26(15)20)9-29-18-17(12(3)27)11(2)21-13(4)22-18/h6-8H,9H2,1-5H3. The highest BCUT2D eigenvalue weighted by atomic mass is 32.2. The number of carbonyl (C=O) groups excluding carboxylic acids is 1. The molecule has 9 heteroatoms. The van der Waals surface area contributed by atoms with Crippen LogP contribution in [0.5, 0.6) is 0 Å². The number of Topliss-reactive ketones (excluding diaryl/α,β-unsaturated/α-hetero) is 1. The first-order chi connectivity index (χ1) is 13.8. The van der Waals surface area contributed by atoms with Crippen LogP contribution in [0.1, 0.15) is 40.2 Å². The lowest BCUT2D eigenvalue weighted by Crippen LogP contribution is -2.20. The molecular formula is C20H20N6O2S. The molecule has 0 radical (unpaired) electrons. The lowest BCUT2D eigenvalue weighted by Gasteiger charge is -2.10. The summed E-state index contributed by atoms with van der Waals surface area (Å²) in [6.07, 6.45) is 0. The number of thioether (sulfide) groups is 1. The predicted octanol–water partition coefficient (Wildman–Crippen LogP) is 2.79. The number of benzene rings is 1. The lowest BCUT2D eigenvalue weighted by atomic mass is 10.1. The van der Waals surface area contributed by atoms with Crippen molar-refractivity contribution in [1.82, 2.24) is 29.1 Å². The maximum absolute atomic E-state index is 12.7. The van der Waals surface area contributed by atoms with Gasteiger partial charge in [-0.2, -0.15) is 0 Å². The van der Waals surface area contributed by atoms with E-state index in [4.69, 9.17) is 0 Å². The molecule has 0 aliphatic heterocycles. The van der Waals surface area contributed by atoms with Gasteiger partial charge in [-0.25, -0.2) is 9.97 Å². The minimum absolute atomic E-state index is 0.0700. The van der Waals surface area contributed by atoms with Crippen LogP contribution >= 0.6 is 11.8 Å². The van der Waals surface area contributed by atoms with Crippen LogP contribution in [-0.4, -0.2) is 34.9 Å². The van der Waals surface area contributed by atoms with Gasteiger partial charge in [-0.15, -0.1) is 10.2 Å². The van der Waals surface area contributed by atoms with Crippen molar-refractivity contribution in [3.8, 4) is 0 Å². The van der Waals surface area contributed by atoms with E-state index >= 15 is 0 Å². The SMILES string of the molecule is CC(=O)c1c(C)nc(C)nc1SCc1nnc2n(C)c(=O)c3cc(C)ccc3n12. The molecule has 0 saturated heterocycles. The van der Waals surface area contributed by atoms with Gasteiger partial charge in [0.2, 0.25) is 5.78 Å². The number of aryl methyl sites for hydroxylation is 4. The van der Waals surface area contributed by atoms with E-state index < -0.39 is 0 Å². The summed E-state index contributed by atoms with van der Waals surface area (Å²) in [4.78, 5) is 33.6. The van der Waals surface area contributed by atoms with E-state index in [0.717, 1.165) is 11.1 Å². The Morgan fingerprint density at radius 1 is 1.14 bits per heavy atom. The van der Waals surface area contributed by atoms with Crippen LogP contribution in [0.25, 0.3) is 16.7 Å². The van der Waals surface area contributed by atoms with Crippen molar-refractivity contribution in [1.29, 1.82) is 0 Å². The molecule has 0 saturated carbocycles. The number of nitrogens with zero attached hydrogens (tertiary/aromatic N) is 6. The number of hydrogen-bond acceptors (Lipinski definition) is 7. The first-order valence-electron chi connectivity index (χ1n) is 9.10. The average molecular weight is 408 g/mol. The Labute approximate surface area is 171 Å². The van der Waals surface area contributed by atoms with Crippen molar-refractivity contribution in [2.75, 3.05) is 0 Å². The van der Waals surface area contributed by atoms with Crippen molar-refractivity contribution in [2.24, 2.45) is 7.05 Å². The molecule has 0 aliphatic rings. The van der Waals surface area contributed by atoms with E-state index in [1.54, 1.807) is 14.0 Å². The highest BCUT2D eigenvalue weighted by Crippen LogP contribution is 2.27. The molecule has 3 heterocycles. The molecule has 0 atom stereocenters. The van der Waals surface area contributed by atoms with Crippen molar-refractivity contribution in [2.45, 2.75) is 38.5 Å². The lowest BCUT2D eigenvalue weighted by molar-refractivity contribution is 0.101. The Bertz CT molecular complexity index is 1360. The van der Waals surface area contributed by atoms with E-state index in [1.807, 2.05) is 36.4 Å². The van der Waals surface area contributed by atoms with Crippen LogP contribution in [-0.2, 0) is 12.8 Å². The quantitative estimate of drug-likeness (QED) is 0.291. The summed E-state index contributed by atoms with van der Waals surface area (Å²) in [7, 11) is 1.69. The maximum Gasteiger partial charge on any atom is 0.262 e. The van der Waals surface area contributed by atoms with Crippen LogP contribution in [0.2, 0.25) is 0 Å². The third-order valence-corrected chi connectivity index (χ3v) is 5.77. The Morgan fingerprint density at radius 3 is 2.62 bits per heavy atom. The highest BCUT2D eigenvalue weighted by Gasteiger charge is 2.18. The number of aromatic nitrogens is 6. The van der Waals surface area contributed by atoms with Crippen LogP contribution in [0.3, 0.4) is 0 Å². The van der Waals surface area contributed by atoms with Gasteiger partial charge >= 0.3 is 0 Å². The van der Waals surface area contributed by atoms with Gasteiger partial charge in [-0.1, -0.05) is 23.4 Å². The van der Waals surface area contributed by atoms with Gasteiger partial charge in [0.1, 0.15) is 16.7 Å². The Kier molecular flexibility index (Phi) is 4.70. The van der Waals surface area contributed by atoms with E-state index in [1.165, 1.54) is 23.3 Å². The number of rotatable bonds is 4. The molecule has 29 heavy (non-hydrogen) atoms. The van der Waals surface area contributed by atoms with Gasteiger partial charge in [-0.05, 0) is 39.8 Å². The van der Waals surface area contributed by atoms with E-state index in [-0.39, 0.29) is 11.3 Å². The van der Waals surface area contributed by atoms with Gasteiger partial charge < -0.3 is 0 Å².